The second kappa shape index (κ2) is 5.94. The lowest BCUT2D eigenvalue weighted by atomic mass is 9.84. The van der Waals surface area contributed by atoms with Crippen LogP contribution in [0.5, 0.6) is 0 Å². The van der Waals surface area contributed by atoms with Crippen LogP contribution in [-0.4, -0.2) is 22.6 Å². The van der Waals surface area contributed by atoms with Gasteiger partial charge in [0.1, 0.15) is 0 Å². The van der Waals surface area contributed by atoms with Crippen molar-refractivity contribution in [2.45, 2.75) is 46.6 Å². The SMILES string of the molecule is CCNC(CCc1cnccn1)C(C)(C)C. The highest BCUT2D eigenvalue weighted by Crippen LogP contribution is 2.22. The largest absolute Gasteiger partial charge is 0.314 e. The first-order valence-electron chi connectivity index (χ1n) is 6.02. The summed E-state index contributed by atoms with van der Waals surface area (Å²) in [5, 5.41) is 3.54. The molecule has 0 spiro atoms. The smallest absolute Gasteiger partial charge is 0.0587 e. The van der Waals surface area contributed by atoms with Gasteiger partial charge >= 0.3 is 0 Å². The van der Waals surface area contributed by atoms with E-state index in [2.05, 4.69) is 43.0 Å². The van der Waals surface area contributed by atoms with Crippen molar-refractivity contribution in [3.05, 3.63) is 24.3 Å². The summed E-state index contributed by atoms with van der Waals surface area (Å²) in [6, 6.07) is 0.527. The van der Waals surface area contributed by atoms with Crippen LogP contribution in [0.25, 0.3) is 0 Å². The van der Waals surface area contributed by atoms with Gasteiger partial charge in [0.2, 0.25) is 0 Å². The molecular weight excluding hydrogens is 198 g/mol. The van der Waals surface area contributed by atoms with E-state index in [0.29, 0.717) is 6.04 Å². The van der Waals surface area contributed by atoms with Gasteiger partial charge in [0.25, 0.3) is 0 Å². The molecule has 0 saturated carbocycles. The summed E-state index contributed by atoms with van der Waals surface area (Å²) in [7, 11) is 0. The summed E-state index contributed by atoms with van der Waals surface area (Å²) in [6.45, 7) is 9.99. The molecule has 0 aliphatic rings. The van der Waals surface area contributed by atoms with Crippen molar-refractivity contribution >= 4 is 0 Å². The number of hydrogen-bond acceptors (Lipinski definition) is 3. The minimum Gasteiger partial charge on any atom is -0.314 e. The van der Waals surface area contributed by atoms with Crippen LogP contribution in [0.3, 0.4) is 0 Å². The quantitative estimate of drug-likeness (QED) is 0.830. The van der Waals surface area contributed by atoms with Gasteiger partial charge in [-0.2, -0.15) is 0 Å². The van der Waals surface area contributed by atoms with Crippen LogP contribution in [-0.2, 0) is 6.42 Å². The Morgan fingerprint density at radius 1 is 1.31 bits per heavy atom. The molecule has 1 heterocycles. The lowest BCUT2D eigenvalue weighted by molar-refractivity contribution is 0.258. The highest BCUT2D eigenvalue weighted by Gasteiger charge is 2.23. The molecule has 0 aromatic carbocycles. The van der Waals surface area contributed by atoms with Gasteiger partial charge in [-0.1, -0.05) is 27.7 Å². The lowest BCUT2D eigenvalue weighted by Gasteiger charge is -2.31. The third-order valence-corrected chi connectivity index (χ3v) is 2.80. The first-order valence-corrected chi connectivity index (χ1v) is 6.02. The van der Waals surface area contributed by atoms with Crippen LogP contribution >= 0.6 is 0 Å². The van der Waals surface area contributed by atoms with Crippen LogP contribution in [0.4, 0.5) is 0 Å². The second-order valence-electron chi connectivity index (χ2n) is 5.21. The molecule has 0 fully saturated rings. The van der Waals surface area contributed by atoms with E-state index in [1.807, 2.05) is 6.20 Å². The second-order valence-corrected chi connectivity index (χ2v) is 5.21. The number of aryl methyl sites for hydroxylation is 1. The maximum absolute atomic E-state index is 4.30. The van der Waals surface area contributed by atoms with Gasteiger partial charge in [-0.3, -0.25) is 9.97 Å². The van der Waals surface area contributed by atoms with Crippen molar-refractivity contribution in [3.8, 4) is 0 Å². The topological polar surface area (TPSA) is 37.8 Å². The van der Waals surface area contributed by atoms with Gasteiger partial charge in [-0.25, -0.2) is 0 Å². The van der Waals surface area contributed by atoms with E-state index < -0.39 is 0 Å². The molecule has 0 amide bonds. The van der Waals surface area contributed by atoms with Crippen molar-refractivity contribution in [3.63, 3.8) is 0 Å². The fourth-order valence-corrected chi connectivity index (χ4v) is 1.84. The van der Waals surface area contributed by atoms with Crippen LogP contribution < -0.4 is 5.32 Å². The maximum Gasteiger partial charge on any atom is 0.0587 e. The average molecular weight is 221 g/mol. The molecule has 3 heteroatoms. The molecule has 0 bridgehead atoms. The van der Waals surface area contributed by atoms with Crippen molar-refractivity contribution in [1.82, 2.24) is 15.3 Å². The zero-order valence-electron chi connectivity index (χ0n) is 10.8. The van der Waals surface area contributed by atoms with Crippen molar-refractivity contribution in [1.29, 1.82) is 0 Å². The molecule has 3 nitrogen and oxygen atoms in total. The summed E-state index contributed by atoms with van der Waals surface area (Å²) < 4.78 is 0. The third-order valence-electron chi connectivity index (χ3n) is 2.80. The Labute approximate surface area is 98.7 Å². The zero-order chi connectivity index (χ0) is 12.0. The van der Waals surface area contributed by atoms with E-state index in [9.17, 15) is 0 Å². The summed E-state index contributed by atoms with van der Waals surface area (Å²) >= 11 is 0. The molecule has 0 aliphatic carbocycles. The third kappa shape index (κ3) is 4.27. The highest BCUT2D eigenvalue weighted by atomic mass is 14.9. The Balaban J connectivity index is 2.51. The monoisotopic (exact) mass is 221 g/mol. The first-order chi connectivity index (χ1) is 7.54. The minimum atomic E-state index is 0.290. The predicted octanol–water partition coefficient (Wildman–Crippen LogP) is 2.43. The molecule has 1 aromatic heterocycles. The standard InChI is InChI=1S/C13H23N3/c1-5-15-12(13(2,3)4)7-6-11-10-14-8-9-16-11/h8-10,12,15H,5-7H2,1-4H3. The Morgan fingerprint density at radius 2 is 2.06 bits per heavy atom. The van der Waals surface area contributed by atoms with Gasteiger partial charge in [-0.05, 0) is 24.8 Å². The molecule has 0 saturated heterocycles. The number of hydrogen-bond donors (Lipinski definition) is 1. The van der Waals surface area contributed by atoms with Crippen molar-refractivity contribution in [2.24, 2.45) is 5.41 Å². The van der Waals surface area contributed by atoms with Gasteiger partial charge in [0, 0.05) is 24.6 Å². The summed E-state index contributed by atoms with van der Waals surface area (Å²) in [6.07, 6.45) is 7.42. The zero-order valence-corrected chi connectivity index (χ0v) is 10.8. The van der Waals surface area contributed by atoms with Crippen molar-refractivity contribution in [2.75, 3.05) is 6.54 Å². The first kappa shape index (κ1) is 13.1. The molecule has 16 heavy (non-hydrogen) atoms. The average Bonchev–Trinajstić information content (AvgIpc) is 2.24. The summed E-state index contributed by atoms with van der Waals surface area (Å²) in [5.74, 6) is 0. The van der Waals surface area contributed by atoms with E-state index in [-0.39, 0.29) is 5.41 Å². The number of nitrogens with one attached hydrogen (secondary N) is 1. The fourth-order valence-electron chi connectivity index (χ4n) is 1.84. The van der Waals surface area contributed by atoms with E-state index in [0.717, 1.165) is 25.1 Å². The number of nitrogens with zero attached hydrogens (tertiary/aromatic N) is 2. The van der Waals surface area contributed by atoms with E-state index in [1.54, 1.807) is 12.4 Å². The van der Waals surface area contributed by atoms with Crippen LogP contribution in [0.1, 0.15) is 39.8 Å². The molecule has 0 radical (unpaired) electrons. The van der Waals surface area contributed by atoms with Gasteiger partial charge < -0.3 is 5.32 Å². The number of rotatable bonds is 5. The van der Waals surface area contributed by atoms with Crippen LogP contribution in [0, 0.1) is 5.41 Å². The molecule has 1 aromatic rings. The Morgan fingerprint density at radius 3 is 2.56 bits per heavy atom. The molecule has 1 unspecified atom stereocenters. The fraction of sp³-hybridized carbons (Fsp3) is 0.692. The van der Waals surface area contributed by atoms with Gasteiger partial charge in [0.05, 0.1) is 5.69 Å². The number of aromatic nitrogens is 2. The van der Waals surface area contributed by atoms with Crippen molar-refractivity contribution < 1.29 is 0 Å². The van der Waals surface area contributed by atoms with Gasteiger partial charge in [0.15, 0.2) is 0 Å². The maximum atomic E-state index is 4.30. The van der Waals surface area contributed by atoms with E-state index >= 15 is 0 Å². The molecule has 1 atom stereocenters. The Bertz CT molecular complexity index is 290. The molecular formula is C13H23N3. The highest BCUT2D eigenvalue weighted by molar-refractivity contribution is 4.96. The minimum absolute atomic E-state index is 0.290. The van der Waals surface area contributed by atoms with Crippen LogP contribution in [0.15, 0.2) is 18.6 Å². The Hall–Kier alpha value is -0.960. The van der Waals surface area contributed by atoms with Crippen LogP contribution in [0.2, 0.25) is 0 Å². The van der Waals surface area contributed by atoms with E-state index in [4.69, 9.17) is 0 Å². The van der Waals surface area contributed by atoms with E-state index in [1.165, 1.54) is 0 Å². The normalized spacial score (nSPS) is 13.8. The molecule has 90 valence electrons. The molecule has 0 aliphatic heterocycles. The molecule has 1 N–H and O–H groups in total. The Kier molecular flexibility index (Phi) is 4.87. The predicted molar refractivity (Wildman–Crippen MR) is 67.3 cm³/mol. The van der Waals surface area contributed by atoms with Gasteiger partial charge in [-0.15, -0.1) is 0 Å². The summed E-state index contributed by atoms with van der Waals surface area (Å²) in [4.78, 5) is 8.39. The molecule has 1 rings (SSSR count). The lowest BCUT2D eigenvalue weighted by Crippen LogP contribution is -2.40. The summed E-state index contributed by atoms with van der Waals surface area (Å²) in [5.41, 5.74) is 1.37.